The molecule has 0 spiro atoms. The summed E-state index contributed by atoms with van der Waals surface area (Å²) in [5.74, 6) is -0.569. The molecule has 0 radical (unpaired) electrons. The van der Waals surface area contributed by atoms with E-state index in [-0.39, 0.29) is 12.3 Å². The number of aromatic nitrogens is 1. The van der Waals surface area contributed by atoms with Gasteiger partial charge < -0.3 is 20.7 Å². The van der Waals surface area contributed by atoms with Gasteiger partial charge in [-0.1, -0.05) is 44.2 Å². The van der Waals surface area contributed by atoms with Crippen LogP contribution in [0.3, 0.4) is 0 Å². The number of hydrogen-bond donors (Lipinski definition) is 3. The van der Waals surface area contributed by atoms with E-state index in [1.165, 1.54) is 0 Å². The Hall–Kier alpha value is -2.44. The van der Waals surface area contributed by atoms with Crippen molar-refractivity contribution in [2.75, 3.05) is 7.11 Å². The zero-order chi connectivity index (χ0) is 20.0. The van der Waals surface area contributed by atoms with Gasteiger partial charge in [0.05, 0.1) is 7.11 Å². The molecule has 27 heavy (non-hydrogen) atoms. The van der Waals surface area contributed by atoms with Crippen molar-refractivity contribution in [2.24, 2.45) is 11.7 Å². The summed E-state index contributed by atoms with van der Waals surface area (Å²) in [6.07, 6.45) is 2.52. The van der Waals surface area contributed by atoms with E-state index in [0.717, 1.165) is 11.1 Å². The van der Waals surface area contributed by atoms with E-state index in [4.69, 9.17) is 10.5 Å². The van der Waals surface area contributed by atoms with E-state index in [2.05, 4.69) is 4.98 Å². The van der Waals surface area contributed by atoms with Crippen LogP contribution in [0.1, 0.15) is 37.1 Å². The molecule has 0 saturated carbocycles. The largest absolute Gasteiger partial charge is 0.496 e. The number of rotatable bonds is 9. The second-order valence-corrected chi connectivity index (χ2v) is 7.29. The van der Waals surface area contributed by atoms with Gasteiger partial charge in [0.2, 0.25) is 0 Å². The lowest BCUT2D eigenvalue weighted by Gasteiger charge is -2.30. The number of ether oxygens (including phenoxy) is 1. The molecular formula is C21H28N2O4. The molecule has 0 saturated heterocycles. The molecule has 0 bridgehead atoms. The fourth-order valence-electron chi connectivity index (χ4n) is 3.09. The number of carbonyl (C=O) groups is 1. The van der Waals surface area contributed by atoms with Gasteiger partial charge in [0.1, 0.15) is 5.75 Å². The van der Waals surface area contributed by atoms with Gasteiger partial charge in [-0.05, 0) is 17.9 Å². The maximum absolute atomic E-state index is 11.7. The summed E-state index contributed by atoms with van der Waals surface area (Å²) in [7, 11) is 1.56. The number of methoxy groups -OCH3 is 1. The third kappa shape index (κ3) is 5.28. The average molecular weight is 372 g/mol. The molecule has 2 rings (SSSR count). The number of aliphatic carboxylic acids is 1. The van der Waals surface area contributed by atoms with Crippen LogP contribution >= 0.6 is 0 Å². The molecule has 0 aliphatic rings. The summed E-state index contributed by atoms with van der Waals surface area (Å²) in [6, 6.07) is 10.7. The number of carboxylic acid groups (broad SMARTS) is 1. The summed E-state index contributed by atoms with van der Waals surface area (Å²) in [5, 5.41) is 20.3. The Balaban J connectivity index is 2.26. The quantitative estimate of drug-likeness (QED) is 0.624. The minimum Gasteiger partial charge on any atom is -0.496 e. The number of benzene rings is 1. The van der Waals surface area contributed by atoms with Crippen molar-refractivity contribution in [3.05, 3.63) is 59.4 Å². The van der Waals surface area contributed by atoms with E-state index in [9.17, 15) is 15.0 Å². The molecule has 0 unspecified atom stereocenters. The minimum absolute atomic E-state index is 0.168. The van der Waals surface area contributed by atoms with Crippen LogP contribution in [-0.2, 0) is 17.6 Å². The van der Waals surface area contributed by atoms with Gasteiger partial charge in [0, 0.05) is 42.4 Å². The minimum atomic E-state index is -2.08. The highest BCUT2D eigenvalue weighted by atomic mass is 16.5. The first-order chi connectivity index (χ1) is 12.8. The fraction of sp³-hybridized carbons (Fsp3) is 0.429. The Bertz CT molecular complexity index is 764. The SMILES string of the molecule is COc1cc(C[C@](O)(C(=O)O)[C@@H](N)CC(C)C)ncc1Cc1ccccc1. The Morgan fingerprint density at radius 1 is 1.30 bits per heavy atom. The Morgan fingerprint density at radius 2 is 1.96 bits per heavy atom. The van der Waals surface area contributed by atoms with Crippen molar-refractivity contribution in [2.45, 2.75) is 44.8 Å². The lowest BCUT2D eigenvalue weighted by molar-refractivity contribution is -0.161. The van der Waals surface area contributed by atoms with E-state index >= 15 is 0 Å². The maximum Gasteiger partial charge on any atom is 0.337 e. The molecule has 1 heterocycles. The van der Waals surface area contributed by atoms with Crippen LogP contribution in [0, 0.1) is 5.92 Å². The molecule has 1 aromatic heterocycles. The molecular weight excluding hydrogens is 344 g/mol. The Morgan fingerprint density at radius 3 is 2.52 bits per heavy atom. The summed E-state index contributed by atoms with van der Waals surface area (Å²) in [4.78, 5) is 16.1. The number of aliphatic hydroxyl groups is 1. The molecule has 0 fully saturated rings. The standard InChI is InChI=1S/C21H28N2O4/c1-14(2)9-19(22)21(26,20(24)25)12-17-11-18(27-3)16(13-23-17)10-15-7-5-4-6-8-15/h4-8,11,13-14,19,26H,9-10,12,22H2,1-3H3,(H,24,25)/t19-,21+/m0/s1. The van der Waals surface area contributed by atoms with Crippen molar-refractivity contribution < 1.29 is 19.7 Å². The van der Waals surface area contributed by atoms with Crippen LogP contribution in [0.4, 0.5) is 0 Å². The number of nitrogens with zero attached hydrogens (tertiary/aromatic N) is 1. The molecule has 2 aromatic rings. The number of carboxylic acids is 1. The van der Waals surface area contributed by atoms with E-state index in [0.29, 0.717) is 24.3 Å². The van der Waals surface area contributed by atoms with Crippen LogP contribution in [0.5, 0.6) is 5.75 Å². The third-order valence-electron chi connectivity index (χ3n) is 4.62. The van der Waals surface area contributed by atoms with Gasteiger partial charge in [-0.2, -0.15) is 0 Å². The van der Waals surface area contributed by atoms with Gasteiger partial charge in [0.25, 0.3) is 0 Å². The summed E-state index contributed by atoms with van der Waals surface area (Å²) >= 11 is 0. The third-order valence-corrected chi connectivity index (χ3v) is 4.62. The monoisotopic (exact) mass is 372 g/mol. The summed E-state index contributed by atoms with van der Waals surface area (Å²) < 4.78 is 5.46. The van der Waals surface area contributed by atoms with Crippen LogP contribution < -0.4 is 10.5 Å². The number of hydrogen-bond acceptors (Lipinski definition) is 5. The highest BCUT2D eigenvalue weighted by Gasteiger charge is 2.43. The normalized spacial score (nSPS) is 14.6. The lowest BCUT2D eigenvalue weighted by Crippen LogP contribution is -2.56. The number of pyridine rings is 1. The predicted octanol–water partition coefficient (Wildman–Crippen LogP) is 2.41. The topological polar surface area (TPSA) is 106 Å². The molecule has 0 amide bonds. The smallest absolute Gasteiger partial charge is 0.337 e. The highest BCUT2D eigenvalue weighted by molar-refractivity contribution is 5.78. The summed E-state index contributed by atoms with van der Waals surface area (Å²) in [6.45, 7) is 3.86. The van der Waals surface area contributed by atoms with Crippen LogP contribution in [0.25, 0.3) is 0 Å². The van der Waals surface area contributed by atoms with Gasteiger partial charge in [-0.25, -0.2) is 4.79 Å². The average Bonchev–Trinajstić information content (AvgIpc) is 2.63. The van der Waals surface area contributed by atoms with Crippen molar-refractivity contribution >= 4 is 5.97 Å². The first-order valence-electron chi connectivity index (χ1n) is 9.03. The second kappa shape index (κ2) is 8.97. The van der Waals surface area contributed by atoms with Crippen molar-refractivity contribution in [3.63, 3.8) is 0 Å². The number of nitrogens with two attached hydrogens (primary N) is 1. The van der Waals surface area contributed by atoms with E-state index in [1.54, 1.807) is 19.4 Å². The van der Waals surface area contributed by atoms with Crippen LogP contribution in [0.2, 0.25) is 0 Å². The van der Waals surface area contributed by atoms with Crippen molar-refractivity contribution in [1.82, 2.24) is 4.98 Å². The Labute approximate surface area is 160 Å². The van der Waals surface area contributed by atoms with Crippen molar-refractivity contribution in [1.29, 1.82) is 0 Å². The van der Waals surface area contributed by atoms with Crippen molar-refractivity contribution in [3.8, 4) is 5.75 Å². The first kappa shape index (κ1) is 20.9. The zero-order valence-electron chi connectivity index (χ0n) is 16.1. The van der Waals surface area contributed by atoms with Gasteiger partial charge in [-0.3, -0.25) is 4.98 Å². The van der Waals surface area contributed by atoms with E-state index < -0.39 is 17.6 Å². The lowest BCUT2D eigenvalue weighted by atomic mass is 9.84. The molecule has 4 N–H and O–H groups in total. The maximum atomic E-state index is 11.7. The van der Waals surface area contributed by atoms with Gasteiger partial charge in [0.15, 0.2) is 5.60 Å². The van der Waals surface area contributed by atoms with Gasteiger partial charge in [-0.15, -0.1) is 0 Å². The molecule has 146 valence electrons. The summed E-state index contributed by atoms with van der Waals surface area (Å²) in [5.41, 5.74) is 6.36. The van der Waals surface area contributed by atoms with E-state index in [1.807, 2.05) is 44.2 Å². The molecule has 2 atom stereocenters. The molecule has 0 aliphatic carbocycles. The van der Waals surface area contributed by atoms with Crippen LogP contribution in [-0.4, -0.2) is 39.9 Å². The molecule has 0 aliphatic heterocycles. The fourth-order valence-corrected chi connectivity index (χ4v) is 3.09. The second-order valence-electron chi connectivity index (χ2n) is 7.29. The first-order valence-corrected chi connectivity index (χ1v) is 9.03. The van der Waals surface area contributed by atoms with Crippen LogP contribution in [0.15, 0.2) is 42.6 Å². The molecule has 6 nitrogen and oxygen atoms in total. The predicted molar refractivity (Wildman–Crippen MR) is 104 cm³/mol. The molecule has 6 heteroatoms. The molecule has 1 aromatic carbocycles. The zero-order valence-corrected chi connectivity index (χ0v) is 16.1. The van der Waals surface area contributed by atoms with Gasteiger partial charge >= 0.3 is 5.97 Å². The highest BCUT2D eigenvalue weighted by Crippen LogP contribution is 2.26. The Kier molecular flexibility index (Phi) is 6.93.